The molecule has 0 heterocycles. The van der Waals surface area contributed by atoms with Gasteiger partial charge in [0, 0.05) is 23.4 Å². The molecular formula is C32H39N2O+. The quantitative estimate of drug-likeness (QED) is 0.302. The second-order valence-electron chi connectivity index (χ2n) is 9.77. The Kier molecular flexibility index (Phi) is 8.20. The predicted octanol–water partition coefficient (Wildman–Crippen LogP) is 7.86. The summed E-state index contributed by atoms with van der Waals surface area (Å²) < 4.78 is 1.03. The fourth-order valence-corrected chi connectivity index (χ4v) is 5.55. The van der Waals surface area contributed by atoms with Crippen molar-refractivity contribution in [2.45, 2.75) is 52.9 Å². The van der Waals surface area contributed by atoms with Gasteiger partial charge in [-0.1, -0.05) is 63.2 Å². The Morgan fingerprint density at radius 1 is 0.771 bits per heavy atom. The molecule has 182 valence electrons. The van der Waals surface area contributed by atoms with Gasteiger partial charge in [0.2, 0.25) is 0 Å². The lowest BCUT2D eigenvalue weighted by Gasteiger charge is -2.38. The molecule has 0 atom stereocenters. The van der Waals surface area contributed by atoms with E-state index in [0.29, 0.717) is 0 Å². The van der Waals surface area contributed by atoms with Crippen molar-refractivity contribution in [3.63, 3.8) is 0 Å². The topological polar surface area (TPSA) is 29.1 Å². The summed E-state index contributed by atoms with van der Waals surface area (Å²) in [5, 5.41) is 3.15. The van der Waals surface area contributed by atoms with E-state index < -0.39 is 0 Å². The highest BCUT2D eigenvalue weighted by molar-refractivity contribution is 6.07. The summed E-state index contributed by atoms with van der Waals surface area (Å²) in [4.78, 5) is 13.1. The molecule has 3 nitrogen and oxygen atoms in total. The third-order valence-corrected chi connectivity index (χ3v) is 7.17. The van der Waals surface area contributed by atoms with Crippen LogP contribution in [0.4, 0.5) is 11.4 Å². The number of benzene rings is 3. The Labute approximate surface area is 211 Å². The van der Waals surface area contributed by atoms with Crippen molar-refractivity contribution in [2.24, 2.45) is 0 Å². The first-order valence-electron chi connectivity index (χ1n) is 13.3. The molecule has 1 amide bonds. The molecule has 3 aromatic carbocycles. The molecular weight excluding hydrogens is 428 g/mol. The third-order valence-electron chi connectivity index (χ3n) is 7.17. The monoisotopic (exact) mass is 467 g/mol. The maximum Gasteiger partial charge on any atom is 0.251 e. The van der Waals surface area contributed by atoms with Crippen LogP contribution in [0.1, 0.15) is 57.6 Å². The zero-order chi connectivity index (χ0) is 24.7. The average molecular weight is 468 g/mol. The SMILES string of the molecule is CCC[N+](CCC)(CCC)c1ccc(NC(=O)C2=Cc3cc(-c4ccccc4)ccc3CC2)cc1. The third kappa shape index (κ3) is 5.74. The van der Waals surface area contributed by atoms with E-state index in [4.69, 9.17) is 0 Å². The van der Waals surface area contributed by atoms with Gasteiger partial charge in [-0.25, -0.2) is 0 Å². The lowest BCUT2D eigenvalue weighted by molar-refractivity contribution is -0.112. The summed E-state index contributed by atoms with van der Waals surface area (Å²) in [5.41, 5.74) is 7.91. The molecule has 3 aromatic rings. The highest BCUT2D eigenvalue weighted by Crippen LogP contribution is 2.30. The number of fused-ring (bicyclic) bond motifs is 1. The molecule has 0 saturated carbocycles. The minimum atomic E-state index is 0.00458. The van der Waals surface area contributed by atoms with E-state index in [1.165, 1.54) is 41.6 Å². The van der Waals surface area contributed by atoms with E-state index in [1.807, 2.05) is 6.07 Å². The number of rotatable bonds is 10. The van der Waals surface area contributed by atoms with Gasteiger partial charge in [0.05, 0.1) is 19.6 Å². The molecule has 0 saturated heterocycles. The maximum atomic E-state index is 13.1. The average Bonchev–Trinajstić information content (AvgIpc) is 2.89. The minimum absolute atomic E-state index is 0.00458. The van der Waals surface area contributed by atoms with Gasteiger partial charge in [-0.15, -0.1) is 0 Å². The second kappa shape index (κ2) is 11.5. The van der Waals surface area contributed by atoms with Crippen molar-refractivity contribution < 1.29 is 4.79 Å². The van der Waals surface area contributed by atoms with E-state index in [2.05, 4.69) is 98.9 Å². The summed E-state index contributed by atoms with van der Waals surface area (Å²) in [6.07, 6.45) is 7.24. The maximum absolute atomic E-state index is 13.1. The Morgan fingerprint density at radius 3 is 2.06 bits per heavy atom. The van der Waals surface area contributed by atoms with E-state index in [9.17, 15) is 4.79 Å². The van der Waals surface area contributed by atoms with Crippen LogP contribution in [-0.4, -0.2) is 25.5 Å². The van der Waals surface area contributed by atoms with E-state index >= 15 is 0 Å². The van der Waals surface area contributed by atoms with Gasteiger partial charge in [0.1, 0.15) is 5.69 Å². The first-order chi connectivity index (χ1) is 17.1. The number of amides is 1. The normalized spacial score (nSPS) is 13.2. The van der Waals surface area contributed by atoms with Crippen molar-refractivity contribution in [2.75, 3.05) is 25.0 Å². The van der Waals surface area contributed by atoms with Crippen molar-refractivity contribution >= 4 is 23.4 Å². The first-order valence-corrected chi connectivity index (χ1v) is 13.3. The zero-order valence-corrected chi connectivity index (χ0v) is 21.5. The summed E-state index contributed by atoms with van der Waals surface area (Å²) in [5.74, 6) is 0.00458. The van der Waals surface area contributed by atoms with Gasteiger partial charge in [-0.3, -0.25) is 9.28 Å². The lowest BCUT2D eigenvalue weighted by Crippen LogP contribution is -2.51. The molecule has 0 aromatic heterocycles. The van der Waals surface area contributed by atoms with Gasteiger partial charge < -0.3 is 5.32 Å². The van der Waals surface area contributed by atoms with Gasteiger partial charge >= 0.3 is 0 Å². The fraction of sp³-hybridized carbons (Fsp3) is 0.344. The van der Waals surface area contributed by atoms with Gasteiger partial charge in [-0.2, -0.15) is 0 Å². The number of nitrogens with one attached hydrogen (secondary N) is 1. The molecule has 0 radical (unpaired) electrons. The Morgan fingerprint density at radius 2 is 1.43 bits per heavy atom. The van der Waals surface area contributed by atoms with Crippen LogP contribution in [0.15, 0.2) is 78.4 Å². The molecule has 4 rings (SSSR count). The van der Waals surface area contributed by atoms with Crippen LogP contribution in [-0.2, 0) is 11.2 Å². The fourth-order valence-electron chi connectivity index (χ4n) is 5.55. The largest absolute Gasteiger partial charge is 0.322 e. The number of quaternary nitrogens is 1. The van der Waals surface area contributed by atoms with E-state index in [0.717, 1.165) is 53.8 Å². The minimum Gasteiger partial charge on any atom is -0.322 e. The number of carbonyl (C=O) groups excluding carboxylic acids is 1. The summed E-state index contributed by atoms with van der Waals surface area (Å²) in [6.45, 7) is 10.3. The van der Waals surface area contributed by atoms with Gasteiger partial charge in [-0.05, 0) is 78.6 Å². The highest BCUT2D eigenvalue weighted by Gasteiger charge is 2.27. The molecule has 1 aliphatic rings. The van der Waals surface area contributed by atoms with Crippen LogP contribution >= 0.6 is 0 Å². The number of aryl methyl sites for hydroxylation is 1. The Bertz CT molecular complexity index is 1140. The summed E-state index contributed by atoms with van der Waals surface area (Å²) >= 11 is 0. The molecule has 0 aliphatic heterocycles. The number of nitrogens with zero attached hydrogens (tertiary/aromatic N) is 1. The van der Waals surface area contributed by atoms with Crippen molar-refractivity contribution in [1.29, 1.82) is 0 Å². The first kappa shape index (κ1) is 24.9. The lowest BCUT2D eigenvalue weighted by atomic mass is 9.89. The van der Waals surface area contributed by atoms with Crippen LogP contribution in [0.25, 0.3) is 17.2 Å². The van der Waals surface area contributed by atoms with E-state index in [1.54, 1.807) is 0 Å². The molecule has 1 aliphatic carbocycles. The molecule has 0 unspecified atom stereocenters. The Balaban J connectivity index is 1.51. The van der Waals surface area contributed by atoms with Crippen molar-refractivity contribution in [1.82, 2.24) is 4.48 Å². The smallest absolute Gasteiger partial charge is 0.251 e. The van der Waals surface area contributed by atoms with Crippen LogP contribution in [0.3, 0.4) is 0 Å². The second-order valence-corrected chi connectivity index (χ2v) is 9.77. The van der Waals surface area contributed by atoms with Crippen LogP contribution in [0, 0.1) is 0 Å². The molecule has 1 N–H and O–H groups in total. The molecule has 0 fully saturated rings. The van der Waals surface area contributed by atoms with Gasteiger partial charge in [0.25, 0.3) is 5.91 Å². The number of hydrogen-bond donors (Lipinski definition) is 1. The molecule has 0 spiro atoms. The summed E-state index contributed by atoms with van der Waals surface area (Å²) in [6, 6.07) is 25.6. The van der Waals surface area contributed by atoms with Crippen molar-refractivity contribution in [3.8, 4) is 11.1 Å². The van der Waals surface area contributed by atoms with Crippen LogP contribution in [0.5, 0.6) is 0 Å². The Hall–Kier alpha value is -3.17. The summed E-state index contributed by atoms with van der Waals surface area (Å²) in [7, 11) is 0. The zero-order valence-electron chi connectivity index (χ0n) is 21.5. The molecule has 0 bridgehead atoms. The number of hydrogen-bond acceptors (Lipinski definition) is 1. The molecule has 35 heavy (non-hydrogen) atoms. The highest BCUT2D eigenvalue weighted by atomic mass is 16.1. The molecule has 3 heteroatoms. The van der Waals surface area contributed by atoms with Crippen LogP contribution in [0.2, 0.25) is 0 Å². The number of carbonyl (C=O) groups is 1. The number of anilines is 1. The van der Waals surface area contributed by atoms with Crippen molar-refractivity contribution in [3.05, 3.63) is 89.5 Å². The standard InChI is InChI=1S/C32H38N2O/c1-4-20-34(21-5-2,22-6-3)31-18-16-30(17-19-31)33-32(35)28-15-13-26-12-14-27(23-29(26)24-28)25-10-8-7-9-11-25/h7-12,14,16-19,23-24H,4-6,13,15,20-22H2,1-3H3/p+1. The van der Waals surface area contributed by atoms with E-state index in [-0.39, 0.29) is 5.91 Å². The van der Waals surface area contributed by atoms with Crippen LogP contribution < -0.4 is 9.80 Å². The van der Waals surface area contributed by atoms with Gasteiger partial charge in [0.15, 0.2) is 0 Å². The predicted molar refractivity (Wildman–Crippen MR) is 151 cm³/mol.